The number of hydrogen-bond acceptors (Lipinski definition) is 3. The molecule has 0 aromatic rings. The molecule has 0 saturated carbocycles. The second kappa shape index (κ2) is 7.96. The summed E-state index contributed by atoms with van der Waals surface area (Å²) in [7, 11) is -3.25. The average Bonchev–Trinajstić information content (AvgIpc) is 2.11. The van der Waals surface area contributed by atoms with Crippen LogP contribution in [0.25, 0.3) is 0 Å². The molecule has 0 aliphatic rings. The van der Waals surface area contributed by atoms with Gasteiger partial charge in [0.2, 0.25) is 10.0 Å². The summed E-state index contributed by atoms with van der Waals surface area (Å²) in [4.78, 5) is 0. The van der Waals surface area contributed by atoms with E-state index in [1.54, 1.807) is 0 Å². The Balaban J connectivity index is 3.49. The van der Waals surface area contributed by atoms with E-state index in [-0.39, 0.29) is 12.4 Å². The molecule has 0 radical (unpaired) electrons. The van der Waals surface area contributed by atoms with Gasteiger partial charge in [0.25, 0.3) is 0 Å². The Bertz CT molecular complexity index is 247. The third kappa shape index (κ3) is 8.22. The second-order valence-corrected chi connectivity index (χ2v) is 4.89. The number of rotatable bonds is 8. The molecule has 0 saturated heterocycles. The maximum atomic E-state index is 11.0. The van der Waals surface area contributed by atoms with Crippen LogP contribution in [0.4, 0.5) is 0 Å². The van der Waals surface area contributed by atoms with Crippen molar-refractivity contribution in [3.8, 4) is 0 Å². The van der Waals surface area contributed by atoms with Gasteiger partial charge in [-0.1, -0.05) is 19.1 Å². The lowest BCUT2D eigenvalue weighted by Gasteiger charge is -2.03. The summed E-state index contributed by atoms with van der Waals surface area (Å²) in [5, 5.41) is 8.44. The van der Waals surface area contributed by atoms with Crippen LogP contribution < -0.4 is 4.72 Å². The lowest BCUT2D eigenvalue weighted by Crippen LogP contribution is -2.28. The van der Waals surface area contributed by atoms with Crippen LogP contribution in [0.15, 0.2) is 12.2 Å². The van der Waals surface area contributed by atoms with Crippen molar-refractivity contribution in [2.24, 2.45) is 0 Å². The van der Waals surface area contributed by atoms with Gasteiger partial charge < -0.3 is 5.11 Å². The third-order valence-electron chi connectivity index (χ3n) is 1.63. The van der Waals surface area contributed by atoms with Crippen molar-refractivity contribution in [2.45, 2.75) is 26.2 Å². The van der Waals surface area contributed by atoms with Crippen LogP contribution >= 0.6 is 0 Å². The molecular formula is C9H19NO3S. The summed E-state index contributed by atoms with van der Waals surface area (Å²) in [5.41, 5.74) is 0. The number of aliphatic hydroxyl groups is 1. The fraction of sp³-hybridized carbons (Fsp3) is 0.778. The van der Waals surface area contributed by atoms with Gasteiger partial charge in [0.15, 0.2) is 0 Å². The predicted octanol–water partition coefficient (Wildman–Crippen LogP) is 0.645. The Labute approximate surface area is 86.1 Å². The van der Waals surface area contributed by atoms with Gasteiger partial charge in [-0.25, -0.2) is 13.1 Å². The van der Waals surface area contributed by atoms with Crippen molar-refractivity contribution in [1.29, 1.82) is 0 Å². The van der Waals surface area contributed by atoms with E-state index >= 15 is 0 Å². The molecule has 0 aromatic carbocycles. The topological polar surface area (TPSA) is 66.4 Å². The molecule has 0 spiro atoms. The van der Waals surface area contributed by atoms with Crippen molar-refractivity contribution < 1.29 is 13.5 Å². The highest BCUT2D eigenvalue weighted by molar-refractivity contribution is 7.89. The average molecular weight is 221 g/mol. The third-order valence-corrected chi connectivity index (χ3v) is 3.00. The van der Waals surface area contributed by atoms with E-state index < -0.39 is 10.0 Å². The lowest BCUT2D eigenvalue weighted by atomic mass is 10.3. The summed E-state index contributed by atoms with van der Waals surface area (Å²) in [5.74, 6) is -0.211. The first kappa shape index (κ1) is 13.6. The van der Waals surface area contributed by atoms with E-state index in [0.717, 1.165) is 19.3 Å². The minimum absolute atomic E-state index is 0.211. The maximum absolute atomic E-state index is 11.0. The lowest BCUT2D eigenvalue weighted by molar-refractivity contribution is 0.319. The summed E-state index contributed by atoms with van der Waals surface area (Å²) in [6, 6.07) is 0. The zero-order valence-electron chi connectivity index (χ0n) is 8.57. The molecule has 0 aromatic heterocycles. The molecule has 0 atom stereocenters. The van der Waals surface area contributed by atoms with E-state index in [1.807, 2.05) is 6.08 Å². The second-order valence-electron chi connectivity index (χ2n) is 2.96. The zero-order chi connectivity index (χ0) is 10.9. The Morgan fingerprint density at radius 3 is 2.64 bits per heavy atom. The molecule has 14 heavy (non-hydrogen) atoms. The maximum Gasteiger partial charge on any atom is 0.213 e. The molecule has 4 nitrogen and oxygen atoms in total. The highest BCUT2D eigenvalue weighted by Gasteiger charge is 2.06. The highest BCUT2D eigenvalue weighted by atomic mass is 32.2. The molecule has 0 fully saturated rings. The molecular weight excluding hydrogens is 202 g/mol. The molecule has 0 heterocycles. The van der Waals surface area contributed by atoms with Crippen molar-refractivity contribution in [3.05, 3.63) is 12.2 Å². The fourth-order valence-electron chi connectivity index (χ4n) is 0.924. The van der Waals surface area contributed by atoms with Gasteiger partial charge in [-0.15, -0.1) is 0 Å². The van der Waals surface area contributed by atoms with Gasteiger partial charge in [0, 0.05) is 6.54 Å². The van der Waals surface area contributed by atoms with E-state index in [0.29, 0.717) is 6.54 Å². The van der Waals surface area contributed by atoms with Crippen LogP contribution in [0.5, 0.6) is 0 Å². The molecule has 0 aliphatic carbocycles. The first-order valence-electron chi connectivity index (χ1n) is 4.85. The minimum Gasteiger partial charge on any atom is -0.395 e. The summed E-state index contributed by atoms with van der Waals surface area (Å²) in [6.07, 6.45) is 6.79. The molecule has 0 rings (SSSR count). The highest BCUT2D eigenvalue weighted by Crippen LogP contribution is 1.92. The van der Waals surface area contributed by atoms with E-state index in [4.69, 9.17) is 5.11 Å². The number of allylic oxidation sites excluding steroid dienone is 2. The SMILES string of the molecule is CC/C=C\CCCNS(=O)(=O)CCO. The Kier molecular flexibility index (Phi) is 7.74. The van der Waals surface area contributed by atoms with Gasteiger partial charge in [-0.3, -0.25) is 0 Å². The quantitative estimate of drug-likeness (QED) is 0.467. The molecule has 5 heteroatoms. The van der Waals surface area contributed by atoms with Crippen LogP contribution in [0.3, 0.4) is 0 Å². The minimum atomic E-state index is -3.25. The largest absolute Gasteiger partial charge is 0.395 e. The summed E-state index contributed by atoms with van der Waals surface area (Å²) < 4.78 is 24.5. The van der Waals surface area contributed by atoms with Crippen molar-refractivity contribution >= 4 is 10.0 Å². The van der Waals surface area contributed by atoms with Crippen molar-refractivity contribution in [2.75, 3.05) is 18.9 Å². The van der Waals surface area contributed by atoms with Crippen molar-refractivity contribution in [1.82, 2.24) is 4.72 Å². The van der Waals surface area contributed by atoms with E-state index in [2.05, 4.69) is 17.7 Å². The van der Waals surface area contributed by atoms with Crippen LogP contribution in [-0.4, -0.2) is 32.4 Å². The van der Waals surface area contributed by atoms with E-state index in [1.165, 1.54) is 0 Å². The van der Waals surface area contributed by atoms with Gasteiger partial charge >= 0.3 is 0 Å². The normalized spacial score (nSPS) is 12.4. The Morgan fingerprint density at radius 2 is 2.07 bits per heavy atom. The Morgan fingerprint density at radius 1 is 1.36 bits per heavy atom. The van der Waals surface area contributed by atoms with Crippen LogP contribution in [0.1, 0.15) is 26.2 Å². The van der Waals surface area contributed by atoms with Gasteiger partial charge in [0.1, 0.15) is 0 Å². The molecule has 84 valence electrons. The van der Waals surface area contributed by atoms with Crippen molar-refractivity contribution in [3.63, 3.8) is 0 Å². The Hall–Kier alpha value is -0.390. The van der Waals surface area contributed by atoms with Crippen LogP contribution in [0.2, 0.25) is 0 Å². The number of aliphatic hydroxyl groups excluding tert-OH is 1. The molecule has 0 aliphatic heterocycles. The number of nitrogens with one attached hydrogen (secondary N) is 1. The van der Waals surface area contributed by atoms with E-state index in [9.17, 15) is 8.42 Å². The monoisotopic (exact) mass is 221 g/mol. The predicted molar refractivity (Wildman–Crippen MR) is 57.5 cm³/mol. The molecule has 0 bridgehead atoms. The van der Waals surface area contributed by atoms with Gasteiger partial charge in [-0.2, -0.15) is 0 Å². The number of hydrogen-bond donors (Lipinski definition) is 2. The molecule has 2 N–H and O–H groups in total. The first-order valence-corrected chi connectivity index (χ1v) is 6.51. The molecule has 0 amide bonds. The van der Waals surface area contributed by atoms with Crippen LogP contribution in [0, 0.1) is 0 Å². The summed E-state index contributed by atoms with van der Waals surface area (Å²) in [6.45, 7) is 2.17. The first-order chi connectivity index (χ1) is 6.62. The zero-order valence-corrected chi connectivity index (χ0v) is 9.39. The summed E-state index contributed by atoms with van der Waals surface area (Å²) >= 11 is 0. The fourth-order valence-corrected chi connectivity index (χ4v) is 1.76. The van der Waals surface area contributed by atoms with Crippen LogP contribution in [-0.2, 0) is 10.0 Å². The number of unbranched alkanes of at least 4 members (excludes halogenated alkanes) is 1. The van der Waals surface area contributed by atoms with Gasteiger partial charge in [-0.05, 0) is 19.3 Å². The van der Waals surface area contributed by atoms with Gasteiger partial charge in [0.05, 0.1) is 12.4 Å². The standard InChI is InChI=1S/C9H19NO3S/c1-2-3-4-5-6-7-10-14(12,13)9-8-11/h3-4,10-11H,2,5-9H2,1H3/b4-3-. The number of sulfonamides is 1. The smallest absolute Gasteiger partial charge is 0.213 e. The molecule has 0 unspecified atom stereocenters.